The van der Waals surface area contributed by atoms with Crippen LogP contribution in [0.25, 0.3) is 33.4 Å². The SMILES string of the molecule is Cc1nc(-c2ccc3ccccc3n2)c(F)c(-c2ccccc2NC(=O)C(C)(C)C)c1C. The van der Waals surface area contributed by atoms with Crippen molar-refractivity contribution in [2.24, 2.45) is 5.41 Å². The summed E-state index contributed by atoms with van der Waals surface area (Å²) >= 11 is 0. The third kappa shape index (κ3) is 3.98. The van der Waals surface area contributed by atoms with Crippen LogP contribution in [-0.4, -0.2) is 15.9 Å². The van der Waals surface area contributed by atoms with E-state index in [2.05, 4.69) is 15.3 Å². The molecule has 162 valence electrons. The van der Waals surface area contributed by atoms with Crippen molar-refractivity contribution in [3.63, 3.8) is 0 Å². The molecular weight excluding hydrogens is 401 g/mol. The van der Waals surface area contributed by atoms with Crippen molar-refractivity contribution in [2.75, 3.05) is 5.32 Å². The lowest BCUT2D eigenvalue weighted by Crippen LogP contribution is -2.27. The van der Waals surface area contributed by atoms with Gasteiger partial charge in [-0.2, -0.15) is 0 Å². The van der Waals surface area contributed by atoms with Crippen LogP contribution in [-0.2, 0) is 4.79 Å². The number of fused-ring (bicyclic) bond motifs is 1. The molecule has 0 fully saturated rings. The number of aryl methyl sites for hydroxylation is 1. The number of pyridine rings is 2. The van der Waals surface area contributed by atoms with Gasteiger partial charge in [-0.3, -0.25) is 4.79 Å². The van der Waals surface area contributed by atoms with Crippen molar-refractivity contribution >= 4 is 22.5 Å². The lowest BCUT2D eigenvalue weighted by molar-refractivity contribution is -0.123. The van der Waals surface area contributed by atoms with Crippen LogP contribution in [0.5, 0.6) is 0 Å². The number of halogens is 1. The number of aromatic nitrogens is 2. The molecule has 2 aromatic heterocycles. The Kier molecular flexibility index (Phi) is 5.51. The molecule has 0 unspecified atom stereocenters. The minimum absolute atomic E-state index is 0.134. The number of para-hydroxylation sites is 2. The van der Waals surface area contributed by atoms with Crippen LogP contribution in [0.2, 0.25) is 0 Å². The summed E-state index contributed by atoms with van der Waals surface area (Å²) in [5.74, 6) is -0.585. The van der Waals surface area contributed by atoms with Gasteiger partial charge in [0.2, 0.25) is 5.91 Å². The van der Waals surface area contributed by atoms with Gasteiger partial charge >= 0.3 is 0 Å². The summed E-state index contributed by atoms with van der Waals surface area (Å²) in [5.41, 5.74) is 3.93. The van der Waals surface area contributed by atoms with Crippen LogP contribution in [0.4, 0.5) is 10.1 Å². The van der Waals surface area contributed by atoms with Crippen LogP contribution in [0.3, 0.4) is 0 Å². The maximum Gasteiger partial charge on any atom is 0.229 e. The Morgan fingerprint density at radius 2 is 1.59 bits per heavy atom. The maximum absolute atomic E-state index is 16.0. The number of carbonyl (C=O) groups excluding carboxylic acids is 1. The zero-order valence-electron chi connectivity index (χ0n) is 19.0. The average molecular weight is 428 g/mol. The number of benzene rings is 2. The Bertz CT molecular complexity index is 1340. The number of hydrogen-bond donors (Lipinski definition) is 1. The minimum atomic E-state index is -0.574. The van der Waals surface area contributed by atoms with Gasteiger partial charge in [-0.1, -0.05) is 63.2 Å². The normalized spacial score (nSPS) is 11.6. The lowest BCUT2D eigenvalue weighted by Gasteiger charge is -2.21. The lowest BCUT2D eigenvalue weighted by atomic mass is 9.93. The molecule has 0 spiro atoms. The predicted octanol–water partition coefficient (Wildman–Crippen LogP) is 6.70. The topological polar surface area (TPSA) is 54.9 Å². The number of nitrogens with one attached hydrogen (secondary N) is 1. The fraction of sp³-hybridized carbons (Fsp3) is 0.222. The molecule has 0 aliphatic carbocycles. The minimum Gasteiger partial charge on any atom is -0.325 e. The first-order chi connectivity index (χ1) is 15.2. The zero-order valence-corrected chi connectivity index (χ0v) is 19.0. The molecule has 5 heteroatoms. The molecule has 2 heterocycles. The predicted molar refractivity (Wildman–Crippen MR) is 128 cm³/mol. The maximum atomic E-state index is 16.0. The molecule has 0 radical (unpaired) electrons. The highest BCUT2D eigenvalue weighted by Gasteiger charge is 2.25. The summed E-state index contributed by atoms with van der Waals surface area (Å²) in [6.07, 6.45) is 0. The molecule has 0 aliphatic heterocycles. The van der Waals surface area contributed by atoms with E-state index in [1.165, 1.54) is 0 Å². The van der Waals surface area contributed by atoms with E-state index in [0.29, 0.717) is 28.2 Å². The Labute approximate surface area is 187 Å². The average Bonchev–Trinajstić information content (AvgIpc) is 2.76. The molecule has 0 atom stereocenters. The quantitative estimate of drug-likeness (QED) is 0.396. The monoisotopic (exact) mass is 427 g/mol. The van der Waals surface area contributed by atoms with Crippen molar-refractivity contribution in [3.05, 3.63) is 77.7 Å². The number of anilines is 1. The molecule has 0 saturated carbocycles. The van der Waals surface area contributed by atoms with E-state index >= 15 is 4.39 Å². The van der Waals surface area contributed by atoms with E-state index < -0.39 is 11.2 Å². The molecule has 0 bridgehead atoms. The van der Waals surface area contributed by atoms with Crippen LogP contribution in [0.15, 0.2) is 60.7 Å². The van der Waals surface area contributed by atoms with Gasteiger partial charge in [0.15, 0.2) is 5.82 Å². The van der Waals surface area contributed by atoms with Crippen LogP contribution < -0.4 is 5.32 Å². The molecule has 0 aliphatic rings. The van der Waals surface area contributed by atoms with E-state index in [4.69, 9.17) is 0 Å². The molecule has 4 rings (SSSR count). The second-order valence-corrected chi connectivity index (χ2v) is 9.00. The van der Waals surface area contributed by atoms with Crippen LogP contribution in [0, 0.1) is 25.1 Å². The van der Waals surface area contributed by atoms with Gasteiger partial charge in [-0.15, -0.1) is 0 Å². The van der Waals surface area contributed by atoms with Crippen LogP contribution >= 0.6 is 0 Å². The van der Waals surface area contributed by atoms with Gasteiger partial charge in [-0.05, 0) is 37.6 Å². The van der Waals surface area contributed by atoms with Crippen molar-refractivity contribution in [1.29, 1.82) is 0 Å². The second kappa shape index (κ2) is 8.15. The summed E-state index contributed by atoms with van der Waals surface area (Å²) in [5, 5.41) is 3.95. The Balaban J connectivity index is 1.90. The molecule has 1 N–H and O–H groups in total. The van der Waals surface area contributed by atoms with Crippen LogP contribution in [0.1, 0.15) is 32.0 Å². The molecule has 32 heavy (non-hydrogen) atoms. The van der Waals surface area contributed by atoms with E-state index in [0.717, 1.165) is 16.5 Å². The van der Waals surface area contributed by atoms with E-state index in [1.54, 1.807) is 12.1 Å². The van der Waals surface area contributed by atoms with Gasteiger partial charge in [0.05, 0.1) is 11.2 Å². The second-order valence-electron chi connectivity index (χ2n) is 9.00. The summed E-state index contributed by atoms with van der Waals surface area (Å²) in [6, 6.07) is 18.7. The standard InChI is InChI=1S/C27H26FN3O/c1-16-17(2)29-25(22-15-14-18-10-6-8-12-20(18)30-22)24(28)23(16)19-11-7-9-13-21(19)31-26(32)27(3,4)5/h6-15H,1-5H3,(H,31,32). The molecule has 1 amide bonds. The van der Waals surface area contributed by atoms with Crippen molar-refractivity contribution in [2.45, 2.75) is 34.6 Å². The first kappa shape index (κ1) is 21.6. The van der Waals surface area contributed by atoms with E-state index in [-0.39, 0.29) is 11.6 Å². The number of amides is 1. The number of rotatable bonds is 3. The Morgan fingerprint density at radius 3 is 2.34 bits per heavy atom. The summed E-state index contributed by atoms with van der Waals surface area (Å²) in [6.45, 7) is 9.24. The molecule has 0 saturated heterocycles. The van der Waals surface area contributed by atoms with Gasteiger partial charge in [-0.25, -0.2) is 14.4 Å². The smallest absolute Gasteiger partial charge is 0.229 e. The Morgan fingerprint density at radius 1 is 0.906 bits per heavy atom. The number of hydrogen-bond acceptors (Lipinski definition) is 3. The van der Waals surface area contributed by atoms with Crippen molar-refractivity contribution in [3.8, 4) is 22.5 Å². The summed E-state index contributed by atoms with van der Waals surface area (Å²) in [7, 11) is 0. The fourth-order valence-electron chi connectivity index (χ4n) is 3.57. The van der Waals surface area contributed by atoms with Gasteiger partial charge in [0.1, 0.15) is 5.69 Å². The first-order valence-corrected chi connectivity index (χ1v) is 10.6. The third-order valence-electron chi connectivity index (χ3n) is 5.59. The van der Waals surface area contributed by atoms with E-state index in [9.17, 15) is 4.79 Å². The molecular formula is C27H26FN3O. The number of carbonyl (C=O) groups is 1. The molecule has 4 nitrogen and oxygen atoms in total. The van der Waals surface area contributed by atoms with Gasteiger partial charge in [0.25, 0.3) is 0 Å². The highest BCUT2D eigenvalue weighted by Crippen LogP contribution is 2.37. The largest absolute Gasteiger partial charge is 0.325 e. The summed E-state index contributed by atoms with van der Waals surface area (Å²) < 4.78 is 16.0. The highest BCUT2D eigenvalue weighted by atomic mass is 19.1. The molecule has 2 aromatic carbocycles. The van der Waals surface area contributed by atoms with Crippen molar-refractivity contribution in [1.82, 2.24) is 9.97 Å². The zero-order chi connectivity index (χ0) is 23.0. The van der Waals surface area contributed by atoms with Gasteiger partial charge < -0.3 is 5.32 Å². The Hall–Kier alpha value is -3.60. The molecule has 4 aromatic rings. The summed E-state index contributed by atoms with van der Waals surface area (Å²) in [4.78, 5) is 21.8. The number of nitrogens with zero attached hydrogens (tertiary/aromatic N) is 2. The third-order valence-corrected chi connectivity index (χ3v) is 5.59. The highest BCUT2D eigenvalue weighted by molar-refractivity contribution is 5.99. The fourth-order valence-corrected chi connectivity index (χ4v) is 3.57. The van der Waals surface area contributed by atoms with E-state index in [1.807, 2.05) is 83.1 Å². The van der Waals surface area contributed by atoms with Crippen molar-refractivity contribution < 1.29 is 9.18 Å². The first-order valence-electron chi connectivity index (χ1n) is 10.6. The van der Waals surface area contributed by atoms with Gasteiger partial charge in [0, 0.05) is 33.3 Å².